The Morgan fingerprint density at radius 1 is 1.47 bits per heavy atom. The maximum atomic E-state index is 12.5. The molecule has 1 aromatic rings. The normalized spacial score (nSPS) is 24.8. The molecule has 2 atom stereocenters. The van der Waals surface area contributed by atoms with Crippen molar-refractivity contribution >= 4 is 10.0 Å². The third kappa shape index (κ3) is 3.01. The summed E-state index contributed by atoms with van der Waals surface area (Å²) >= 11 is 0. The average Bonchev–Trinajstić information content (AvgIpc) is 2.87. The molecular weight excluding hydrogens is 264 g/mol. The van der Waals surface area contributed by atoms with Gasteiger partial charge in [-0.2, -0.15) is 4.31 Å². The van der Waals surface area contributed by atoms with Crippen LogP contribution in [0.1, 0.15) is 38.3 Å². The molecule has 0 radical (unpaired) electrons. The second-order valence-corrected chi connectivity index (χ2v) is 7.46. The molecule has 0 bridgehead atoms. The van der Waals surface area contributed by atoms with Gasteiger partial charge >= 0.3 is 0 Å². The zero-order valence-electron chi connectivity index (χ0n) is 11.5. The SMILES string of the molecule is CC1CCCC(N(C)S(=O)(=O)c2c[nH]c(CO)c2)C1. The summed E-state index contributed by atoms with van der Waals surface area (Å²) in [6.45, 7) is 1.99. The highest BCUT2D eigenvalue weighted by Crippen LogP contribution is 2.29. The molecule has 0 aromatic carbocycles. The summed E-state index contributed by atoms with van der Waals surface area (Å²) < 4.78 is 26.5. The molecule has 6 heteroatoms. The summed E-state index contributed by atoms with van der Waals surface area (Å²) in [6, 6.07) is 1.58. The van der Waals surface area contributed by atoms with E-state index in [-0.39, 0.29) is 17.5 Å². The summed E-state index contributed by atoms with van der Waals surface area (Å²) in [4.78, 5) is 3.01. The number of nitrogens with one attached hydrogen (secondary N) is 1. The van der Waals surface area contributed by atoms with Gasteiger partial charge in [0.2, 0.25) is 10.0 Å². The first-order valence-corrected chi connectivity index (χ1v) is 8.15. The molecule has 2 rings (SSSR count). The van der Waals surface area contributed by atoms with Crippen molar-refractivity contribution in [3.63, 3.8) is 0 Å². The van der Waals surface area contributed by atoms with E-state index in [1.54, 1.807) is 7.05 Å². The Hall–Kier alpha value is -0.850. The summed E-state index contributed by atoms with van der Waals surface area (Å²) in [5, 5.41) is 9.00. The van der Waals surface area contributed by atoms with Gasteiger partial charge in [-0.1, -0.05) is 19.8 Å². The van der Waals surface area contributed by atoms with Crippen molar-refractivity contribution in [1.82, 2.24) is 9.29 Å². The Morgan fingerprint density at radius 3 is 2.79 bits per heavy atom. The molecular formula is C13H22N2O3S. The second kappa shape index (κ2) is 5.64. The van der Waals surface area contributed by atoms with E-state index in [2.05, 4.69) is 11.9 Å². The van der Waals surface area contributed by atoms with Crippen molar-refractivity contribution < 1.29 is 13.5 Å². The van der Waals surface area contributed by atoms with E-state index < -0.39 is 10.0 Å². The van der Waals surface area contributed by atoms with Crippen molar-refractivity contribution in [2.24, 2.45) is 5.92 Å². The van der Waals surface area contributed by atoms with Gasteiger partial charge in [0.1, 0.15) is 0 Å². The van der Waals surface area contributed by atoms with Crippen molar-refractivity contribution in [1.29, 1.82) is 0 Å². The van der Waals surface area contributed by atoms with E-state index in [1.165, 1.54) is 23.0 Å². The summed E-state index contributed by atoms with van der Waals surface area (Å²) in [7, 11) is -1.80. The number of H-pyrrole nitrogens is 1. The van der Waals surface area contributed by atoms with Crippen LogP contribution in [-0.4, -0.2) is 35.9 Å². The maximum Gasteiger partial charge on any atom is 0.244 e. The maximum absolute atomic E-state index is 12.5. The Bertz CT molecular complexity index is 524. The predicted molar refractivity (Wildman–Crippen MR) is 73.1 cm³/mol. The number of aromatic nitrogens is 1. The minimum atomic E-state index is -3.46. The van der Waals surface area contributed by atoms with Gasteiger partial charge in [0, 0.05) is 25.0 Å². The van der Waals surface area contributed by atoms with Crippen molar-refractivity contribution in [2.45, 2.75) is 50.2 Å². The molecule has 1 fully saturated rings. The lowest BCUT2D eigenvalue weighted by Gasteiger charge is -2.33. The lowest BCUT2D eigenvalue weighted by atomic mass is 9.87. The summed E-state index contributed by atoms with van der Waals surface area (Å²) in [6.07, 6.45) is 5.57. The minimum Gasteiger partial charge on any atom is -0.390 e. The average molecular weight is 286 g/mol. The third-order valence-electron chi connectivity index (χ3n) is 3.99. The first kappa shape index (κ1) is 14.6. The molecule has 1 saturated carbocycles. The summed E-state index contributed by atoms with van der Waals surface area (Å²) in [5.41, 5.74) is 0.518. The van der Waals surface area contributed by atoms with Gasteiger partial charge in [-0.25, -0.2) is 8.42 Å². The number of aliphatic hydroxyl groups excluding tert-OH is 1. The standard InChI is InChI=1S/C13H22N2O3S/c1-10-4-3-5-12(6-10)15(2)19(17,18)13-7-11(9-16)14-8-13/h7-8,10,12,14,16H,3-6,9H2,1-2H3. The Kier molecular flexibility index (Phi) is 4.32. The molecule has 0 spiro atoms. The van der Waals surface area contributed by atoms with Crippen LogP contribution in [0.5, 0.6) is 0 Å². The van der Waals surface area contributed by atoms with Crippen LogP contribution in [0.15, 0.2) is 17.2 Å². The Labute approximate surface area is 114 Å². The zero-order chi connectivity index (χ0) is 14.0. The molecule has 2 N–H and O–H groups in total. The number of nitrogens with zero attached hydrogens (tertiary/aromatic N) is 1. The van der Waals surface area contributed by atoms with E-state index in [0.29, 0.717) is 11.6 Å². The van der Waals surface area contributed by atoms with Gasteiger partial charge in [-0.05, 0) is 24.8 Å². The van der Waals surface area contributed by atoms with E-state index in [1.807, 2.05) is 0 Å². The number of hydrogen-bond donors (Lipinski definition) is 2. The van der Waals surface area contributed by atoms with Gasteiger partial charge in [0.05, 0.1) is 11.5 Å². The first-order valence-electron chi connectivity index (χ1n) is 6.71. The van der Waals surface area contributed by atoms with Crippen LogP contribution in [0.25, 0.3) is 0 Å². The second-order valence-electron chi connectivity index (χ2n) is 5.47. The largest absolute Gasteiger partial charge is 0.390 e. The topological polar surface area (TPSA) is 73.4 Å². The van der Waals surface area contributed by atoms with E-state index >= 15 is 0 Å². The van der Waals surface area contributed by atoms with Crippen LogP contribution in [0.2, 0.25) is 0 Å². The van der Waals surface area contributed by atoms with Gasteiger partial charge in [-0.3, -0.25) is 0 Å². The highest BCUT2D eigenvalue weighted by atomic mass is 32.2. The third-order valence-corrected chi connectivity index (χ3v) is 5.87. The molecule has 108 valence electrons. The fraction of sp³-hybridized carbons (Fsp3) is 0.692. The zero-order valence-corrected chi connectivity index (χ0v) is 12.3. The fourth-order valence-electron chi connectivity index (χ4n) is 2.75. The van der Waals surface area contributed by atoms with Crippen molar-refractivity contribution in [3.05, 3.63) is 18.0 Å². The number of rotatable bonds is 4. The van der Waals surface area contributed by atoms with Crippen molar-refractivity contribution in [2.75, 3.05) is 7.05 Å². The van der Waals surface area contributed by atoms with Crippen LogP contribution in [0.3, 0.4) is 0 Å². The number of aliphatic hydroxyl groups is 1. The van der Waals surface area contributed by atoms with Gasteiger partial charge < -0.3 is 10.1 Å². The molecule has 1 aromatic heterocycles. The Morgan fingerprint density at radius 2 is 2.21 bits per heavy atom. The van der Waals surface area contributed by atoms with Crippen LogP contribution in [-0.2, 0) is 16.6 Å². The molecule has 1 aliphatic carbocycles. The van der Waals surface area contributed by atoms with Crippen LogP contribution >= 0.6 is 0 Å². The molecule has 5 nitrogen and oxygen atoms in total. The number of sulfonamides is 1. The quantitative estimate of drug-likeness (QED) is 0.885. The first-order chi connectivity index (χ1) is 8.95. The van der Waals surface area contributed by atoms with Gasteiger partial charge in [0.15, 0.2) is 0 Å². The van der Waals surface area contributed by atoms with Crippen LogP contribution in [0.4, 0.5) is 0 Å². The van der Waals surface area contributed by atoms with E-state index in [0.717, 1.165) is 19.3 Å². The highest BCUT2D eigenvalue weighted by molar-refractivity contribution is 7.89. The molecule has 2 unspecified atom stereocenters. The molecule has 1 heterocycles. The van der Waals surface area contributed by atoms with Gasteiger partial charge in [-0.15, -0.1) is 0 Å². The number of hydrogen-bond acceptors (Lipinski definition) is 3. The van der Waals surface area contributed by atoms with Crippen molar-refractivity contribution in [3.8, 4) is 0 Å². The predicted octanol–water partition coefficient (Wildman–Crippen LogP) is 1.71. The smallest absolute Gasteiger partial charge is 0.244 e. The molecule has 0 amide bonds. The molecule has 0 aliphatic heterocycles. The van der Waals surface area contributed by atoms with E-state index in [4.69, 9.17) is 5.11 Å². The lowest BCUT2D eigenvalue weighted by Crippen LogP contribution is -2.39. The molecule has 0 saturated heterocycles. The Balaban J connectivity index is 2.18. The monoisotopic (exact) mass is 286 g/mol. The molecule has 19 heavy (non-hydrogen) atoms. The fourth-order valence-corrected chi connectivity index (χ4v) is 4.17. The summed E-state index contributed by atoms with van der Waals surface area (Å²) in [5.74, 6) is 0.579. The number of aromatic amines is 1. The lowest BCUT2D eigenvalue weighted by molar-refractivity contribution is 0.239. The highest BCUT2D eigenvalue weighted by Gasteiger charge is 2.31. The van der Waals surface area contributed by atoms with Gasteiger partial charge in [0.25, 0.3) is 0 Å². The van der Waals surface area contributed by atoms with E-state index in [9.17, 15) is 8.42 Å². The molecule has 1 aliphatic rings. The van der Waals surface area contributed by atoms with Crippen LogP contribution < -0.4 is 0 Å². The van der Waals surface area contributed by atoms with Crippen LogP contribution in [0, 0.1) is 5.92 Å². The minimum absolute atomic E-state index is 0.0845.